The summed E-state index contributed by atoms with van der Waals surface area (Å²) in [5.41, 5.74) is 16.4. The van der Waals surface area contributed by atoms with E-state index < -0.39 is 0 Å². The van der Waals surface area contributed by atoms with Crippen LogP contribution in [0.15, 0.2) is 255 Å². The minimum atomic E-state index is 1.09. The second-order valence-electron chi connectivity index (χ2n) is 16.5. The molecule has 0 spiro atoms. The Balaban J connectivity index is 0.973. The highest BCUT2D eigenvalue weighted by molar-refractivity contribution is 6.16. The lowest BCUT2D eigenvalue weighted by Gasteiger charge is -2.27. The molecule has 0 saturated carbocycles. The molecule has 64 heavy (non-hydrogen) atoms. The average molecular weight is 815 g/mol. The van der Waals surface area contributed by atoms with E-state index in [4.69, 9.17) is 0 Å². The van der Waals surface area contributed by atoms with E-state index in [0.29, 0.717) is 0 Å². The molecule has 12 aromatic rings. The standard InChI is InChI=1S/C62H42N2/c1-3-17-43(18-4-1)46-21-14-26-52(40-46)63(51-37-35-44(36-38-51)59-42-49-19-7-8-28-54(49)56-29-9-10-30-57(56)59)53-27-15-22-47(41-53)45-20-13-23-48(39-45)55-32-16-34-61-62(55)58-31-11-12-33-60(58)64(61)50-24-5-2-6-25-50/h1-42H. The molecule has 0 aliphatic carbocycles. The fourth-order valence-electron chi connectivity index (χ4n) is 9.79. The largest absolute Gasteiger partial charge is 0.310 e. The maximum atomic E-state index is 2.39. The number of nitrogens with zero attached hydrogens (tertiary/aromatic N) is 2. The fraction of sp³-hybridized carbons (Fsp3) is 0. The summed E-state index contributed by atoms with van der Waals surface area (Å²) in [7, 11) is 0. The normalized spacial score (nSPS) is 11.4. The topological polar surface area (TPSA) is 8.17 Å². The molecule has 2 heteroatoms. The van der Waals surface area contributed by atoms with Crippen molar-refractivity contribution in [2.45, 2.75) is 0 Å². The molecule has 0 atom stereocenters. The van der Waals surface area contributed by atoms with Gasteiger partial charge in [0.25, 0.3) is 0 Å². The van der Waals surface area contributed by atoms with Gasteiger partial charge in [-0.25, -0.2) is 0 Å². The third-order valence-electron chi connectivity index (χ3n) is 12.7. The van der Waals surface area contributed by atoms with Gasteiger partial charge >= 0.3 is 0 Å². The van der Waals surface area contributed by atoms with E-state index in [1.807, 2.05) is 0 Å². The van der Waals surface area contributed by atoms with Gasteiger partial charge < -0.3 is 9.47 Å². The van der Waals surface area contributed by atoms with Crippen molar-refractivity contribution >= 4 is 60.4 Å². The molecule has 0 saturated heterocycles. The van der Waals surface area contributed by atoms with Crippen molar-refractivity contribution in [1.29, 1.82) is 0 Å². The smallest absolute Gasteiger partial charge is 0.0547 e. The Kier molecular flexibility index (Phi) is 9.20. The number of anilines is 3. The summed E-state index contributed by atoms with van der Waals surface area (Å²) in [6.07, 6.45) is 0. The first-order valence-electron chi connectivity index (χ1n) is 22.0. The van der Waals surface area contributed by atoms with Crippen LogP contribution in [0.2, 0.25) is 0 Å². The van der Waals surface area contributed by atoms with Crippen molar-refractivity contribution in [3.05, 3.63) is 255 Å². The molecule has 300 valence electrons. The first-order valence-corrected chi connectivity index (χ1v) is 22.0. The second-order valence-corrected chi connectivity index (χ2v) is 16.5. The van der Waals surface area contributed by atoms with Gasteiger partial charge in [-0.2, -0.15) is 0 Å². The van der Waals surface area contributed by atoms with Gasteiger partial charge in [-0.15, -0.1) is 0 Å². The van der Waals surface area contributed by atoms with Crippen LogP contribution in [-0.4, -0.2) is 4.57 Å². The van der Waals surface area contributed by atoms with Crippen LogP contribution in [0.4, 0.5) is 17.1 Å². The number of hydrogen-bond acceptors (Lipinski definition) is 1. The van der Waals surface area contributed by atoms with Crippen molar-refractivity contribution in [3.63, 3.8) is 0 Å². The summed E-state index contributed by atoms with van der Waals surface area (Å²) in [4.78, 5) is 2.39. The van der Waals surface area contributed by atoms with E-state index in [2.05, 4.69) is 264 Å². The predicted molar refractivity (Wildman–Crippen MR) is 272 cm³/mol. The zero-order valence-electron chi connectivity index (χ0n) is 35.1. The van der Waals surface area contributed by atoms with Gasteiger partial charge in [-0.3, -0.25) is 0 Å². The number of fused-ring (bicyclic) bond motifs is 6. The minimum absolute atomic E-state index is 1.09. The first-order chi connectivity index (χ1) is 31.7. The molecule has 2 nitrogen and oxygen atoms in total. The maximum Gasteiger partial charge on any atom is 0.0547 e. The molecule has 11 aromatic carbocycles. The van der Waals surface area contributed by atoms with Crippen molar-refractivity contribution in [2.24, 2.45) is 0 Å². The SMILES string of the molecule is c1ccc(-c2cccc(N(c3ccc(-c4cc5ccccc5c5ccccc45)cc3)c3cccc(-c4cccc(-c5cccc6c5c5ccccc5n6-c5ccccc5)c4)c3)c2)cc1. The summed E-state index contributed by atoms with van der Waals surface area (Å²) in [5, 5.41) is 7.57. The van der Waals surface area contributed by atoms with Crippen LogP contribution in [0.3, 0.4) is 0 Å². The summed E-state index contributed by atoms with van der Waals surface area (Å²) in [6, 6.07) is 92.6. The Labute approximate surface area is 373 Å². The molecule has 1 heterocycles. The second kappa shape index (κ2) is 15.8. The molecule has 1 aromatic heterocycles. The molecule has 0 aliphatic rings. The monoisotopic (exact) mass is 814 g/mol. The summed E-state index contributed by atoms with van der Waals surface area (Å²) < 4.78 is 2.39. The van der Waals surface area contributed by atoms with E-state index in [0.717, 1.165) is 28.3 Å². The number of benzene rings is 11. The Morgan fingerprint density at radius 2 is 0.797 bits per heavy atom. The summed E-state index contributed by atoms with van der Waals surface area (Å²) in [5.74, 6) is 0. The number of para-hydroxylation sites is 2. The first kappa shape index (κ1) is 37.3. The third-order valence-corrected chi connectivity index (χ3v) is 12.7. The van der Waals surface area contributed by atoms with Crippen LogP contribution in [-0.2, 0) is 0 Å². The van der Waals surface area contributed by atoms with Gasteiger partial charge in [0.2, 0.25) is 0 Å². The van der Waals surface area contributed by atoms with Crippen LogP contribution in [0.1, 0.15) is 0 Å². The summed E-state index contributed by atoms with van der Waals surface area (Å²) in [6.45, 7) is 0. The van der Waals surface area contributed by atoms with E-state index in [-0.39, 0.29) is 0 Å². The number of aromatic nitrogens is 1. The molecule has 0 aliphatic heterocycles. The lowest BCUT2D eigenvalue weighted by Crippen LogP contribution is -2.10. The van der Waals surface area contributed by atoms with Gasteiger partial charge in [-0.1, -0.05) is 182 Å². The van der Waals surface area contributed by atoms with Crippen molar-refractivity contribution < 1.29 is 0 Å². The predicted octanol–water partition coefficient (Wildman–Crippen LogP) is 17.2. The van der Waals surface area contributed by atoms with Crippen molar-refractivity contribution in [3.8, 4) is 50.2 Å². The van der Waals surface area contributed by atoms with Gasteiger partial charge in [0.15, 0.2) is 0 Å². The summed E-state index contributed by atoms with van der Waals surface area (Å²) >= 11 is 0. The number of rotatable bonds is 8. The fourth-order valence-corrected chi connectivity index (χ4v) is 9.79. The highest BCUT2D eigenvalue weighted by Crippen LogP contribution is 2.43. The van der Waals surface area contributed by atoms with E-state index in [1.165, 1.54) is 82.3 Å². The van der Waals surface area contributed by atoms with Gasteiger partial charge in [-0.05, 0) is 139 Å². The minimum Gasteiger partial charge on any atom is -0.310 e. The Morgan fingerprint density at radius 3 is 1.55 bits per heavy atom. The van der Waals surface area contributed by atoms with Crippen LogP contribution < -0.4 is 4.90 Å². The van der Waals surface area contributed by atoms with E-state index in [9.17, 15) is 0 Å². The maximum absolute atomic E-state index is 2.39. The molecule has 0 fully saturated rings. The highest BCUT2D eigenvalue weighted by atomic mass is 15.1. The molecule has 0 amide bonds. The third kappa shape index (κ3) is 6.52. The number of hydrogen-bond donors (Lipinski definition) is 0. The molecular formula is C62H42N2. The van der Waals surface area contributed by atoms with Crippen LogP contribution in [0.5, 0.6) is 0 Å². The molecule has 0 N–H and O–H groups in total. The Bertz CT molecular complexity index is 3660. The van der Waals surface area contributed by atoms with Gasteiger partial charge in [0.1, 0.15) is 0 Å². The van der Waals surface area contributed by atoms with Gasteiger partial charge in [0, 0.05) is 33.5 Å². The Hall–Kier alpha value is -8.46. The zero-order chi connectivity index (χ0) is 42.4. The molecule has 0 radical (unpaired) electrons. The van der Waals surface area contributed by atoms with Crippen LogP contribution in [0.25, 0.3) is 93.5 Å². The van der Waals surface area contributed by atoms with E-state index >= 15 is 0 Å². The van der Waals surface area contributed by atoms with Crippen molar-refractivity contribution in [1.82, 2.24) is 4.57 Å². The Morgan fingerprint density at radius 1 is 0.266 bits per heavy atom. The van der Waals surface area contributed by atoms with Crippen LogP contribution >= 0.6 is 0 Å². The molecular weight excluding hydrogens is 773 g/mol. The molecule has 0 bridgehead atoms. The average Bonchev–Trinajstić information content (AvgIpc) is 3.72. The van der Waals surface area contributed by atoms with Gasteiger partial charge in [0.05, 0.1) is 11.0 Å². The lowest BCUT2D eigenvalue weighted by atomic mass is 9.93. The lowest BCUT2D eigenvalue weighted by molar-refractivity contribution is 1.18. The van der Waals surface area contributed by atoms with E-state index in [1.54, 1.807) is 0 Å². The van der Waals surface area contributed by atoms with Crippen LogP contribution in [0, 0.1) is 0 Å². The highest BCUT2D eigenvalue weighted by Gasteiger charge is 2.18. The quantitative estimate of drug-likeness (QED) is 0.139. The van der Waals surface area contributed by atoms with Crippen molar-refractivity contribution in [2.75, 3.05) is 4.90 Å². The molecule has 12 rings (SSSR count). The molecule has 0 unspecified atom stereocenters. The zero-order valence-corrected chi connectivity index (χ0v) is 35.1.